The fourth-order valence-electron chi connectivity index (χ4n) is 4.22. The van der Waals surface area contributed by atoms with Crippen molar-refractivity contribution in [3.8, 4) is 0 Å². The normalized spacial score (nSPS) is 23.6. The van der Waals surface area contributed by atoms with Gasteiger partial charge in [0.25, 0.3) is 0 Å². The molecule has 3 rings (SSSR count). The van der Waals surface area contributed by atoms with Gasteiger partial charge in [0, 0.05) is 32.5 Å². The highest BCUT2D eigenvalue weighted by Gasteiger charge is 2.28. The van der Waals surface area contributed by atoms with Crippen LogP contribution in [0.2, 0.25) is 0 Å². The first-order valence-corrected chi connectivity index (χ1v) is 10.0. The zero-order chi connectivity index (χ0) is 18.4. The Morgan fingerprint density at radius 2 is 2.04 bits per heavy atom. The van der Waals surface area contributed by atoms with Crippen LogP contribution in [0.25, 0.3) is 0 Å². The second kappa shape index (κ2) is 9.46. The number of hydrogen-bond acceptors (Lipinski definition) is 6. The van der Waals surface area contributed by atoms with E-state index >= 15 is 0 Å². The van der Waals surface area contributed by atoms with Crippen LogP contribution in [-0.2, 0) is 16.0 Å². The zero-order valence-electron chi connectivity index (χ0n) is 15.9. The van der Waals surface area contributed by atoms with Crippen molar-refractivity contribution in [2.75, 3.05) is 26.8 Å². The van der Waals surface area contributed by atoms with Gasteiger partial charge in [0.05, 0.1) is 6.61 Å². The molecule has 0 bridgehead atoms. The van der Waals surface area contributed by atoms with E-state index in [9.17, 15) is 4.79 Å². The molecule has 2 fully saturated rings. The zero-order valence-corrected chi connectivity index (χ0v) is 15.9. The lowest BCUT2D eigenvalue weighted by Crippen LogP contribution is -2.49. The summed E-state index contributed by atoms with van der Waals surface area (Å²) in [5.74, 6) is 2.37. The molecule has 7 nitrogen and oxygen atoms in total. The Morgan fingerprint density at radius 3 is 2.77 bits per heavy atom. The summed E-state index contributed by atoms with van der Waals surface area (Å²) < 4.78 is 10.5. The molecule has 0 aromatic carbocycles. The van der Waals surface area contributed by atoms with Crippen LogP contribution < -0.4 is 5.73 Å². The largest absolute Gasteiger partial charge is 0.383 e. The van der Waals surface area contributed by atoms with E-state index in [4.69, 9.17) is 15.0 Å². The van der Waals surface area contributed by atoms with E-state index in [1.54, 1.807) is 7.11 Å². The Morgan fingerprint density at radius 1 is 1.27 bits per heavy atom. The summed E-state index contributed by atoms with van der Waals surface area (Å²) in [5, 5.41) is 4.25. The number of rotatable bonds is 6. The topological polar surface area (TPSA) is 94.5 Å². The Balaban J connectivity index is 1.54. The van der Waals surface area contributed by atoms with E-state index in [2.05, 4.69) is 10.1 Å². The van der Waals surface area contributed by atoms with Crippen molar-refractivity contribution in [3.63, 3.8) is 0 Å². The van der Waals surface area contributed by atoms with Gasteiger partial charge in [0.15, 0.2) is 5.82 Å². The fourth-order valence-corrected chi connectivity index (χ4v) is 4.22. The molecule has 0 spiro atoms. The Labute approximate surface area is 155 Å². The highest BCUT2D eigenvalue weighted by molar-refractivity contribution is 5.81. The number of aromatic nitrogens is 2. The van der Waals surface area contributed by atoms with Crippen molar-refractivity contribution in [2.24, 2.45) is 11.7 Å². The number of hydrogen-bond donors (Lipinski definition) is 1. The number of ether oxygens (including phenoxy) is 1. The second-order valence-electron chi connectivity index (χ2n) is 7.79. The Hall–Kier alpha value is -1.47. The van der Waals surface area contributed by atoms with Crippen LogP contribution in [0.4, 0.5) is 0 Å². The standard InChI is InChI=1S/C19H32N4O3/c1-25-13-16(20)19(24)23-10-6-7-14(12-23)11-17-21-18(22-26-17)15-8-4-2-3-5-9-15/h14-16H,2-13,20H2,1H3. The molecule has 1 saturated carbocycles. The lowest BCUT2D eigenvalue weighted by atomic mass is 9.94. The highest BCUT2D eigenvalue weighted by Crippen LogP contribution is 2.30. The summed E-state index contributed by atoms with van der Waals surface area (Å²) in [6, 6.07) is -0.580. The van der Waals surface area contributed by atoms with Gasteiger partial charge in [0.1, 0.15) is 6.04 Å². The number of carbonyl (C=O) groups excluding carboxylic acids is 1. The van der Waals surface area contributed by atoms with Gasteiger partial charge in [-0.2, -0.15) is 4.98 Å². The lowest BCUT2D eigenvalue weighted by molar-refractivity contribution is -0.135. The van der Waals surface area contributed by atoms with Crippen LogP contribution in [0.15, 0.2) is 4.52 Å². The summed E-state index contributed by atoms with van der Waals surface area (Å²) >= 11 is 0. The van der Waals surface area contributed by atoms with Crippen LogP contribution in [0.3, 0.4) is 0 Å². The maximum atomic E-state index is 12.4. The van der Waals surface area contributed by atoms with Crippen LogP contribution in [0, 0.1) is 5.92 Å². The first kappa shape index (κ1) is 19.3. The summed E-state index contributed by atoms with van der Waals surface area (Å²) in [6.07, 6.45) is 10.3. The molecule has 1 aliphatic carbocycles. The number of nitrogens with two attached hydrogens (primary N) is 1. The fraction of sp³-hybridized carbons (Fsp3) is 0.842. The molecule has 0 radical (unpaired) electrons. The highest BCUT2D eigenvalue weighted by atomic mass is 16.5. The second-order valence-corrected chi connectivity index (χ2v) is 7.79. The Kier molecular flexibility index (Phi) is 7.02. The van der Waals surface area contributed by atoms with E-state index in [0.29, 0.717) is 24.3 Å². The number of methoxy groups -OCH3 is 1. The van der Waals surface area contributed by atoms with Crippen LogP contribution in [0.5, 0.6) is 0 Å². The van der Waals surface area contributed by atoms with Gasteiger partial charge in [-0.1, -0.05) is 30.8 Å². The molecule has 26 heavy (non-hydrogen) atoms. The van der Waals surface area contributed by atoms with E-state index in [-0.39, 0.29) is 12.5 Å². The number of nitrogens with zero attached hydrogens (tertiary/aromatic N) is 3. The maximum Gasteiger partial charge on any atom is 0.241 e. The summed E-state index contributed by atoms with van der Waals surface area (Å²) in [5.41, 5.74) is 5.90. The van der Waals surface area contributed by atoms with Gasteiger partial charge in [-0.05, 0) is 31.6 Å². The predicted molar refractivity (Wildman–Crippen MR) is 97.6 cm³/mol. The monoisotopic (exact) mass is 364 g/mol. The maximum absolute atomic E-state index is 12.4. The molecule has 146 valence electrons. The van der Waals surface area contributed by atoms with E-state index < -0.39 is 6.04 Å². The van der Waals surface area contributed by atoms with Gasteiger partial charge in [-0.25, -0.2) is 0 Å². The molecule has 2 atom stereocenters. The van der Waals surface area contributed by atoms with Gasteiger partial charge in [0.2, 0.25) is 11.8 Å². The molecule has 1 aromatic heterocycles. The van der Waals surface area contributed by atoms with Crippen molar-refractivity contribution in [3.05, 3.63) is 11.7 Å². The average Bonchev–Trinajstić information content (AvgIpc) is 2.94. The van der Waals surface area contributed by atoms with Crippen molar-refractivity contribution in [1.29, 1.82) is 0 Å². The van der Waals surface area contributed by atoms with Crippen molar-refractivity contribution in [2.45, 2.75) is 69.7 Å². The minimum Gasteiger partial charge on any atom is -0.383 e. The minimum absolute atomic E-state index is 0.0266. The molecular formula is C19H32N4O3. The lowest BCUT2D eigenvalue weighted by Gasteiger charge is -2.33. The summed E-state index contributed by atoms with van der Waals surface area (Å²) in [7, 11) is 1.56. The first-order chi connectivity index (χ1) is 12.7. The van der Waals surface area contributed by atoms with E-state index in [1.807, 2.05) is 4.90 Å². The third kappa shape index (κ3) is 5.04. The van der Waals surface area contributed by atoms with Crippen LogP contribution >= 0.6 is 0 Å². The molecule has 2 heterocycles. The third-order valence-corrected chi connectivity index (χ3v) is 5.66. The van der Waals surface area contributed by atoms with Crippen molar-refractivity contribution >= 4 is 5.91 Å². The van der Waals surface area contributed by atoms with E-state index in [1.165, 1.54) is 38.5 Å². The van der Waals surface area contributed by atoms with Gasteiger partial charge in [-0.3, -0.25) is 4.79 Å². The van der Waals surface area contributed by atoms with Gasteiger partial charge < -0.3 is 19.9 Å². The summed E-state index contributed by atoms with van der Waals surface area (Å²) in [6.45, 7) is 1.73. The molecule has 2 N–H and O–H groups in total. The van der Waals surface area contributed by atoms with Crippen LogP contribution in [0.1, 0.15) is 69.0 Å². The third-order valence-electron chi connectivity index (χ3n) is 5.66. The predicted octanol–water partition coefficient (Wildman–Crippen LogP) is 2.26. The molecule has 7 heteroatoms. The smallest absolute Gasteiger partial charge is 0.241 e. The number of carbonyl (C=O) groups is 1. The molecule has 1 aromatic rings. The van der Waals surface area contributed by atoms with Crippen molar-refractivity contribution < 1.29 is 14.1 Å². The first-order valence-electron chi connectivity index (χ1n) is 10.0. The number of piperidine rings is 1. The van der Waals surface area contributed by atoms with E-state index in [0.717, 1.165) is 31.6 Å². The molecule has 1 saturated heterocycles. The molecule has 1 aliphatic heterocycles. The molecular weight excluding hydrogens is 332 g/mol. The number of amides is 1. The number of likely N-dealkylation sites (tertiary alicyclic amines) is 1. The van der Waals surface area contributed by atoms with Crippen LogP contribution in [-0.4, -0.2) is 53.8 Å². The average molecular weight is 364 g/mol. The SMILES string of the molecule is COCC(N)C(=O)N1CCCC(Cc2nc(C3CCCCCC3)no2)C1. The van der Waals surface area contributed by atoms with Gasteiger partial charge >= 0.3 is 0 Å². The quantitative estimate of drug-likeness (QED) is 0.778. The minimum atomic E-state index is -0.580. The Bertz CT molecular complexity index is 569. The summed E-state index contributed by atoms with van der Waals surface area (Å²) in [4.78, 5) is 18.9. The molecule has 1 amide bonds. The molecule has 2 unspecified atom stereocenters. The van der Waals surface area contributed by atoms with Gasteiger partial charge in [-0.15, -0.1) is 0 Å². The molecule has 2 aliphatic rings. The van der Waals surface area contributed by atoms with Crippen molar-refractivity contribution in [1.82, 2.24) is 15.0 Å².